The van der Waals surface area contributed by atoms with Crippen LogP contribution < -0.4 is 0 Å². The number of rotatable bonds is 6. The number of hydrogen-bond donors (Lipinski definition) is 0. The van der Waals surface area contributed by atoms with Crippen LogP contribution in [0.4, 0.5) is 0 Å². The molecule has 0 heterocycles. The standard InChI is InChI=1S/C13H26OSi/c1-11(2)13(12(3)10-14)8-7-9-15(4,5)6/h7-8,10-13H,9H2,1-6H3/b8-7+/t12-,13+/m1/s1. The van der Waals surface area contributed by atoms with Crippen LogP contribution in [-0.4, -0.2) is 14.4 Å². The highest BCUT2D eigenvalue weighted by molar-refractivity contribution is 6.76. The third-order valence-corrected chi connectivity index (χ3v) is 4.14. The fraction of sp³-hybridized carbons (Fsp3) is 0.769. The molecule has 0 fully saturated rings. The van der Waals surface area contributed by atoms with Gasteiger partial charge in [0.05, 0.1) is 0 Å². The Morgan fingerprint density at radius 2 is 1.67 bits per heavy atom. The molecule has 0 aromatic heterocycles. The van der Waals surface area contributed by atoms with Crippen molar-refractivity contribution in [3.8, 4) is 0 Å². The molecular weight excluding hydrogens is 200 g/mol. The Morgan fingerprint density at radius 3 is 2.00 bits per heavy atom. The molecule has 0 aliphatic carbocycles. The van der Waals surface area contributed by atoms with Gasteiger partial charge in [0.2, 0.25) is 0 Å². The van der Waals surface area contributed by atoms with Crippen molar-refractivity contribution >= 4 is 14.4 Å². The summed E-state index contributed by atoms with van der Waals surface area (Å²) in [5.41, 5.74) is 0. The first-order valence-corrected chi connectivity index (χ1v) is 9.60. The monoisotopic (exact) mass is 226 g/mol. The predicted molar refractivity (Wildman–Crippen MR) is 70.8 cm³/mol. The zero-order chi connectivity index (χ0) is 12.1. The lowest BCUT2D eigenvalue weighted by Gasteiger charge is -2.20. The third-order valence-electron chi connectivity index (χ3n) is 2.68. The summed E-state index contributed by atoms with van der Waals surface area (Å²) in [6, 6.07) is 1.21. The number of carbonyl (C=O) groups excluding carboxylic acids is 1. The minimum atomic E-state index is -0.979. The molecular formula is C13H26OSi. The molecule has 0 aromatic rings. The molecule has 0 bridgehead atoms. The molecule has 0 saturated heterocycles. The van der Waals surface area contributed by atoms with Gasteiger partial charge in [0.15, 0.2) is 0 Å². The van der Waals surface area contributed by atoms with Crippen LogP contribution in [0, 0.1) is 17.8 Å². The highest BCUT2D eigenvalue weighted by Crippen LogP contribution is 2.22. The van der Waals surface area contributed by atoms with Gasteiger partial charge in [-0.3, -0.25) is 0 Å². The smallest absolute Gasteiger partial charge is 0.123 e. The van der Waals surface area contributed by atoms with Gasteiger partial charge in [-0.05, 0) is 17.9 Å². The van der Waals surface area contributed by atoms with E-state index in [-0.39, 0.29) is 5.92 Å². The molecule has 2 heteroatoms. The van der Waals surface area contributed by atoms with Gasteiger partial charge in [-0.2, -0.15) is 0 Å². The van der Waals surface area contributed by atoms with Crippen LogP contribution in [0.25, 0.3) is 0 Å². The Balaban J connectivity index is 4.35. The van der Waals surface area contributed by atoms with Crippen molar-refractivity contribution < 1.29 is 4.79 Å². The van der Waals surface area contributed by atoms with Gasteiger partial charge < -0.3 is 4.79 Å². The van der Waals surface area contributed by atoms with Crippen LogP contribution in [0.15, 0.2) is 12.2 Å². The number of hydrogen-bond acceptors (Lipinski definition) is 1. The van der Waals surface area contributed by atoms with Crippen LogP contribution in [0.2, 0.25) is 25.7 Å². The molecule has 0 N–H and O–H groups in total. The van der Waals surface area contributed by atoms with Crippen molar-refractivity contribution in [3.63, 3.8) is 0 Å². The molecule has 0 saturated carbocycles. The zero-order valence-electron chi connectivity index (χ0n) is 11.1. The number of carbonyl (C=O) groups is 1. The quantitative estimate of drug-likeness (QED) is 0.380. The van der Waals surface area contributed by atoms with E-state index in [1.165, 1.54) is 6.04 Å². The van der Waals surface area contributed by atoms with E-state index in [0.29, 0.717) is 11.8 Å². The Hall–Kier alpha value is -0.373. The summed E-state index contributed by atoms with van der Waals surface area (Å²) in [6.45, 7) is 13.5. The normalized spacial score (nSPS) is 17.0. The second-order valence-corrected chi connectivity index (χ2v) is 11.5. The molecule has 0 spiro atoms. The largest absolute Gasteiger partial charge is 0.303 e. The molecule has 0 aliphatic heterocycles. The number of aldehydes is 1. The van der Waals surface area contributed by atoms with Crippen LogP contribution in [0.3, 0.4) is 0 Å². The van der Waals surface area contributed by atoms with Crippen LogP contribution >= 0.6 is 0 Å². The summed E-state index contributed by atoms with van der Waals surface area (Å²) in [7, 11) is -0.979. The third kappa shape index (κ3) is 6.66. The highest BCUT2D eigenvalue weighted by Gasteiger charge is 2.17. The fourth-order valence-electron chi connectivity index (χ4n) is 1.67. The molecule has 88 valence electrons. The zero-order valence-corrected chi connectivity index (χ0v) is 12.1. The summed E-state index contributed by atoms with van der Waals surface area (Å²) in [5.74, 6) is 1.09. The lowest BCUT2D eigenvalue weighted by atomic mass is 9.85. The Labute approximate surface area is 96.0 Å². The molecule has 2 atom stereocenters. The van der Waals surface area contributed by atoms with E-state index in [2.05, 4.69) is 45.6 Å². The van der Waals surface area contributed by atoms with Crippen LogP contribution in [0.1, 0.15) is 20.8 Å². The molecule has 0 radical (unpaired) electrons. The van der Waals surface area contributed by atoms with Crippen molar-refractivity contribution in [2.24, 2.45) is 17.8 Å². The summed E-state index contributed by atoms with van der Waals surface area (Å²) in [4.78, 5) is 10.8. The first-order chi connectivity index (χ1) is 6.78. The van der Waals surface area contributed by atoms with E-state index < -0.39 is 8.07 Å². The molecule has 0 amide bonds. The maximum atomic E-state index is 10.8. The molecule has 15 heavy (non-hydrogen) atoms. The SMILES string of the molecule is CC(C)[C@H](/C=C/C[Si](C)(C)C)[C@H](C)C=O. The minimum Gasteiger partial charge on any atom is -0.303 e. The van der Waals surface area contributed by atoms with E-state index in [1.54, 1.807) is 0 Å². The average Bonchev–Trinajstić information content (AvgIpc) is 2.09. The number of allylic oxidation sites excluding steroid dienone is 2. The second-order valence-electron chi connectivity index (χ2n) is 6.01. The first-order valence-electron chi connectivity index (χ1n) is 5.90. The highest BCUT2D eigenvalue weighted by atomic mass is 28.3. The molecule has 0 rings (SSSR count). The molecule has 0 aliphatic rings. The van der Waals surface area contributed by atoms with E-state index in [4.69, 9.17) is 0 Å². The lowest BCUT2D eigenvalue weighted by molar-refractivity contribution is -0.111. The van der Waals surface area contributed by atoms with Gasteiger partial charge in [-0.15, -0.1) is 0 Å². The molecule has 1 nitrogen and oxygen atoms in total. The van der Waals surface area contributed by atoms with Crippen molar-refractivity contribution in [2.45, 2.75) is 46.5 Å². The van der Waals surface area contributed by atoms with E-state index in [9.17, 15) is 4.79 Å². The minimum absolute atomic E-state index is 0.142. The topological polar surface area (TPSA) is 17.1 Å². The van der Waals surface area contributed by atoms with E-state index in [1.807, 2.05) is 6.92 Å². The van der Waals surface area contributed by atoms with Crippen molar-refractivity contribution in [3.05, 3.63) is 12.2 Å². The Kier molecular flexibility index (Phi) is 6.11. The summed E-state index contributed by atoms with van der Waals surface area (Å²) >= 11 is 0. The summed E-state index contributed by atoms with van der Waals surface area (Å²) < 4.78 is 0. The van der Waals surface area contributed by atoms with Gasteiger partial charge in [0.25, 0.3) is 0 Å². The Morgan fingerprint density at radius 1 is 1.13 bits per heavy atom. The maximum Gasteiger partial charge on any atom is 0.123 e. The second kappa shape index (κ2) is 6.26. The Bertz CT molecular complexity index is 213. The summed E-state index contributed by atoms with van der Waals surface area (Å²) in [5, 5.41) is 0. The van der Waals surface area contributed by atoms with Gasteiger partial charge in [0.1, 0.15) is 6.29 Å². The predicted octanol–water partition coefficient (Wildman–Crippen LogP) is 3.99. The van der Waals surface area contributed by atoms with Crippen molar-refractivity contribution in [1.29, 1.82) is 0 Å². The average molecular weight is 226 g/mol. The molecule has 0 unspecified atom stereocenters. The van der Waals surface area contributed by atoms with Gasteiger partial charge in [-0.1, -0.05) is 52.6 Å². The van der Waals surface area contributed by atoms with Gasteiger partial charge in [0, 0.05) is 14.0 Å². The maximum absolute atomic E-state index is 10.8. The van der Waals surface area contributed by atoms with E-state index in [0.717, 1.165) is 6.29 Å². The van der Waals surface area contributed by atoms with Crippen LogP contribution in [-0.2, 0) is 4.79 Å². The summed E-state index contributed by atoms with van der Waals surface area (Å²) in [6.07, 6.45) is 5.61. The van der Waals surface area contributed by atoms with Gasteiger partial charge in [-0.25, -0.2) is 0 Å². The van der Waals surface area contributed by atoms with Crippen molar-refractivity contribution in [2.75, 3.05) is 0 Å². The van der Waals surface area contributed by atoms with Gasteiger partial charge >= 0.3 is 0 Å². The molecule has 0 aromatic carbocycles. The lowest BCUT2D eigenvalue weighted by Crippen LogP contribution is -2.19. The van der Waals surface area contributed by atoms with Crippen molar-refractivity contribution in [1.82, 2.24) is 0 Å². The fourth-order valence-corrected chi connectivity index (χ4v) is 2.52. The van der Waals surface area contributed by atoms with Crippen LogP contribution in [0.5, 0.6) is 0 Å². The first kappa shape index (κ1) is 14.6. The van der Waals surface area contributed by atoms with E-state index >= 15 is 0 Å².